The molecule has 2 fully saturated rings. The second-order valence-electron chi connectivity index (χ2n) is 8.50. The fraction of sp³-hybridized carbons (Fsp3) is 0.435. The summed E-state index contributed by atoms with van der Waals surface area (Å²) in [4.78, 5) is 40.6. The average Bonchev–Trinajstić information content (AvgIpc) is 3.31. The van der Waals surface area contributed by atoms with Gasteiger partial charge in [-0.2, -0.15) is 4.72 Å². The average molecular weight is 508 g/mol. The van der Waals surface area contributed by atoms with Crippen molar-refractivity contribution in [3.05, 3.63) is 41.4 Å². The summed E-state index contributed by atoms with van der Waals surface area (Å²) in [6.45, 7) is 0.557. The maximum absolute atomic E-state index is 13.0. The van der Waals surface area contributed by atoms with E-state index in [4.69, 9.17) is 16.3 Å². The zero-order valence-corrected chi connectivity index (χ0v) is 20.3. The number of benzene rings is 2. The summed E-state index contributed by atoms with van der Waals surface area (Å²) in [6, 6.07) is 8.20. The monoisotopic (exact) mass is 507 g/mol. The van der Waals surface area contributed by atoms with Crippen molar-refractivity contribution in [1.82, 2.24) is 14.5 Å². The molecule has 2 unspecified atom stereocenters. The predicted molar refractivity (Wildman–Crippen MR) is 126 cm³/mol. The van der Waals surface area contributed by atoms with Gasteiger partial charge >= 0.3 is 5.97 Å². The molecule has 0 radical (unpaired) electrons. The van der Waals surface area contributed by atoms with Gasteiger partial charge in [-0.05, 0) is 60.7 Å². The largest absolute Gasteiger partial charge is 0.467 e. The lowest BCUT2D eigenvalue weighted by molar-refractivity contribution is -0.152. The van der Waals surface area contributed by atoms with Crippen LogP contribution in [-0.2, 0) is 29.1 Å². The molecule has 2 amide bonds. The number of hydrogen-bond acceptors (Lipinski definition) is 6. The Morgan fingerprint density at radius 1 is 1.09 bits per heavy atom. The molecule has 2 aliphatic rings. The summed E-state index contributed by atoms with van der Waals surface area (Å²) < 4.78 is 33.3. The fourth-order valence-corrected chi connectivity index (χ4v) is 5.96. The van der Waals surface area contributed by atoms with Gasteiger partial charge in [-0.3, -0.25) is 9.59 Å². The van der Waals surface area contributed by atoms with E-state index in [1.165, 1.54) is 29.0 Å². The minimum absolute atomic E-state index is 0.0429. The third-order valence-electron chi connectivity index (χ3n) is 6.28. The van der Waals surface area contributed by atoms with Gasteiger partial charge in [0.1, 0.15) is 12.1 Å². The highest BCUT2D eigenvalue weighted by Crippen LogP contribution is 2.24. The van der Waals surface area contributed by atoms with Crippen molar-refractivity contribution in [2.24, 2.45) is 0 Å². The van der Waals surface area contributed by atoms with Crippen LogP contribution in [0.15, 0.2) is 41.3 Å². The maximum Gasteiger partial charge on any atom is 0.328 e. The first kappa shape index (κ1) is 24.4. The van der Waals surface area contributed by atoms with Gasteiger partial charge in [-0.25, -0.2) is 13.2 Å². The maximum atomic E-state index is 13.0. The molecule has 0 spiro atoms. The number of carbonyl (C=O) groups is 3. The number of nitrogens with one attached hydrogen (secondary N) is 1. The Morgan fingerprint density at radius 3 is 2.56 bits per heavy atom. The standard InChI is InChI=1S/C23H26ClN3O6S/c1-33-23(30)20-5-3-11-27(20)21(28)14-26-10-2-4-19(22(26)29)25-34(31,32)18-9-7-15-12-17(24)8-6-16(15)13-18/h6-9,12-13,19-20,25H,2-5,10-11,14H2,1H3. The van der Waals surface area contributed by atoms with Crippen molar-refractivity contribution >= 4 is 50.2 Å². The Kier molecular flexibility index (Phi) is 7.11. The summed E-state index contributed by atoms with van der Waals surface area (Å²) in [5.74, 6) is -1.28. The number of piperidine rings is 1. The van der Waals surface area contributed by atoms with Crippen LogP contribution in [0.25, 0.3) is 10.8 Å². The molecule has 182 valence electrons. The zero-order chi connectivity index (χ0) is 24.5. The molecule has 0 aromatic heterocycles. The van der Waals surface area contributed by atoms with Gasteiger partial charge in [0, 0.05) is 18.1 Å². The van der Waals surface area contributed by atoms with Gasteiger partial charge in [0.15, 0.2) is 0 Å². The van der Waals surface area contributed by atoms with E-state index in [-0.39, 0.29) is 17.3 Å². The molecule has 34 heavy (non-hydrogen) atoms. The van der Waals surface area contributed by atoms with E-state index in [1.807, 2.05) is 0 Å². The summed E-state index contributed by atoms with van der Waals surface area (Å²) >= 11 is 5.99. The van der Waals surface area contributed by atoms with Crippen LogP contribution in [0.3, 0.4) is 0 Å². The molecule has 2 aromatic rings. The molecular formula is C23H26ClN3O6S. The Morgan fingerprint density at radius 2 is 1.79 bits per heavy atom. The number of methoxy groups -OCH3 is 1. The van der Waals surface area contributed by atoms with Crippen molar-refractivity contribution in [3.63, 3.8) is 0 Å². The van der Waals surface area contributed by atoms with E-state index in [9.17, 15) is 22.8 Å². The SMILES string of the molecule is COC(=O)C1CCCN1C(=O)CN1CCCC(NS(=O)(=O)c2ccc3cc(Cl)ccc3c2)C1=O. The van der Waals surface area contributed by atoms with Crippen LogP contribution >= 0.6 is 11.6 Å². The summed E-state index contributed by atoms with van der Waals surface area (Å²) in [5, 5.41) is 2.06. The topological polar surface area (TPSA) is 113 Å². The van der Waals surface area contributed by atoms with E-state index in [2.05, 4.69) is 4.72 Å². The molecular weight excluding hydrogens is 482 g/mol. The number of sulfonamides is 1. The third kappa shape index (κ3) is 5.03. The summed E-state index contributed by atoms with van der Waals surface area (Å²) in [5.41, 5.74) is 0. The molecule has 1 N–H and O–H groups in total. The normalized spacial score (nSPS) is 21.2. The fourth-order valence-electron chi connectivity index (χ4n) is 4.52. The molecule has 2 aliphatic heterocycles. The number of nitrogens with zero attached hydrogens (tertiary/aromatic N) is 2. The van der Waals surface area contributed by atoms with Crippen LogP contribution in [0.4, 0.5) is 0 Å². The van der Waals surface area contributed by atoms with Gasteiger partial charge < -0.3 is 14.5 Å². The van der Waals surface area contributed by atoms with Crippen LogP contribution in [0.5, 0.6) is 0 Å². The second kappa shape index (κ2) is 9.89. The minimum atomic E-state index is -3.97. The van der Waals surface area contributed by atoms with E-state index in [0.29, 0.717) is 49.2 Å². The number of carbonyl (C=O) groups excluding carboxylic acids is 3. The van der Waals surface area contributed by atoms with Gasteiger partial charge in [0.25, 0.3) is 0 Å². The quantitative estimate of drug-likeness (QED) is 0.598. The first-order valence-corrected chi connectivity index (χ1v) is 12.9. The van der Waals surface area contributed by atoms with E-state index >= 15 is 0 Å². The molecule has 4 rings (SSSR count). The number of rotatable bonds is 6. The van der Waals surface area contributed by atoms with Gasteiger partial charge in [-0.15, -0.1) is 0 Å². The molecule has 0 aliphatic carbocycles. The van der Waals surface area contributed by atoms with Gasteiger partial charge in [-0.1, -0.05) is 23.7 Å². The number of hydrogen-bond donors (Lipinski definition) is 1. The number of fused-ring (bicyclic) bond motifs is 1. The number of likely N-dealkylation sites (tertiary alicyclic amines) is 2. The number of esters is 1. The second-order valence-corrected chi connectivity index (χ2v) is 10.6. The molecule has 0 saturated carbocycles. The van der Waals surface area contributed by atoms with Crippen LogP contribution in [0.2, 0.25) is 5.02 Å². The zero-order valence-electron chi connectivity index (χ0n) is 18.7. The first-order valence-electron chi connectivity index (χ1n) is 11.1. The molecule has 2 aromatic carbocycles. The van der Waals surface area contributed by atoms with Crippen LogP contribution in [-0.4, -0.2) is 74.8 Å². The molecule has 2 saturated heterocycles. The van der Waals surface area contributed by atoms with Crippen molar-refractivity contribution in [3.8, 4) is 0 Å². The van der Waals surface area contributed by atoms with Crippen molar-refractivity contribution < 1.29 is 27.5 Å². The van der Waals surface area contributed by atoms with E-state index in [0.717, 1.165) is 5.39 Å². The highest BCUT2D eigenvalue weighted by atomic mass is 35.5. The highest BCUT2D eigenvalue weighted by molar-refractivity contribution is 7.89. The molecule has 11 heteroatoms. The smallest absolute Gasteiger partial charge is 0.328 e. The van der Waals surface area contributed by atoms with Crippen molar-refractivity contribution in [2.45, 2.75) is 42.7 Å². The van der Waals surface area contributed by atoms with Crippen LogP contribution in [0, 0.1) is 0 Å². The lowest BCUT2D eigenvalue weighted by Crippen LogP contribution is -2.55. The van der Waals surface area contributed by atoms with Crippen molar-refractivity contribution in [1.29, 1.82) is 0 Å². The predicted octanol–water partition coefficient (Wildman–Crippen LogP) is 1.93. The van der Waals surface area contributed by atoms with Gasteiger partial charge in [0.2, 0.25) is 21.8 Å². The van der Waals surface area contributed by atoms with Gasteiger partial charge in [0.05, 0.1) is 18.6 Å². The Balaban J connectivity index is 1.45. The van der Waals surface area contributed by atoms with Crippen LogP contribution in [0.1, 0.15) is 25.7 Å². The number of ether oxygens (including phenoxy) is 1. The third-order valence-corrected chi connectivity index (χ3v) is 7.99. The summed E-state index contributed by atoms with van der Waals surface area (Å²) in [6.07, 6.45) is 2.08. The van der Waals surface area contributed by atoms with E-state index < -0.39 is 34.0 Å². The Labute approximate surface area is 203 Å². The Hall–Kier alpha value is -2.69. The Bertz CT molecular complexity index is 1230. The van der Waals surface area contributed by atoms with Crippen molar-refractivity contribution in [2.75, 3.05) is 26.7 Å². The minimum Gasteiger partial charge on any atom is -0.467 e. The lowest BCUT2D eigenvalue weighted by atomic mass is 10.1. The number of halogens is 1. The summed E-state index contributed by atoms with van der Waals surface area (Å²) in [7, 11) is -2.70. The molecule has 9 nitrogen and oxygen atoms in total. The molecule has 2 atom stereocenters. The molecule has 0 bridgehead atoms. The highest BCUT2D eigenvalue weighted by Gasteiger charge is 2.38. The van der Waals surface area contributed by atoms with Crippen LogP contribution < -0.4 is 4.72 Å². The molecule has 2 heterocycles. The number of amides is 2. The van der Waals surface area contributed by atoms with E-state index in [1.54, 1.807) is 24.3 Å². The first-order chi connectivity index (χ1) is 16.2. The lowest BCUT2D eigenvalue weighted by Gasteiger charge is -2.33.